The highest BCUT2D eigenvalue weighted by Crippen LogP contribution is 2.39. The number of hydrogen-bond acceptors (Lipinski definition) is 2. The fourth-order valence-corrected chi connectivity index (χ4v) is 3.35. The van der Waals surface area contributed by atoms with Crippen LogP contribution in [0.1, 0.15) is 24.0 Å². The van der Waals surface area contributed by atoms with Gasteiger partial charge in [-0.15, -0.1) is 12.4 Å². The number of hydrogen-bond donors (Lipinski definition) is 1. The molecule has 0 saturated carbocycles. The van der Waals surface area contributed by atoms with Crippen molar-refractivity contribution in [3.63, 3.8) is 0 Å². The van der Waals surface area contributed by atoms with E-state index >= 15 is 0 Å². The molecule has 0 amide bonds. The van der Waals surface area contributed by atoms with Crippen LogP contribution in [-0.4, -0.2) is 19.7 Å². The molecule has 0 spiro atoms. The summed E-state index contributed by atoms with van der Waals surface area (Å²) in [5, 5.41) is 3.62. The summed E-state index contributed by atoms with van der Waals surface area (Å²) in [7, 11) is 1.82. The molecule has 1 aliphatic heterocycles. The Labute approximate surface area is 132 Å². The predicted molar refractivity (Wildman–Crippen MR) is 88.9 cm³/mol. The number of halogens is 1. The minimum absolute atomic E-state index is 0. The van der Waals surface area contributed by atoms with Gasteiger partial charge >= 0.3 is 0 Å². The van der Waals surface area contributed by atoms with E-state index in [9.17, 15) is 0 Å². The number of nitrogens with one attached hydrogen (secondary N) is 1. The molecule has 1 atom stereocenters. The Kier molecular flexibility index (Phi) is 5.40. The van der Waals surface area contributed by atoms with Crippen molar-refractivity contribution in [3.8, 4) is 0 Å². The van der Waals surface area contributed by atoms with Gasteiger partial charge < -0.3 is 10.1 Å². The van der Waals surface area contributed by atoms with Gasteiger partial charge in [0.2, 0.25) is 0 Å². The molecule has 1 N–H and O–H groups in total. The lowest BCUT2D eigenvalue weighted by atomic mass is 9.79. The van der Waals surface area contributed by atoms with Gasteiger partial charge in [-0.1, -0.05) is 60.7 Å². The van der Waals surface area contributed by atoms with Crippen molar-refractivity contribution in [2.24, 2.45) is 0 Å². The summed E-state index contributed by atoms with van der Waals surface area (Å²) in [6.45, 7) is 1.06. The Bertz CT molecular complexity index is 498. The van der Waals surface area contributed by atoms with E-state index in [0.717, 1.165) is 13.0 Å². The van der Waals surface area contributed by atoms with Gasteiger partial charge in [0.15, 0.2) is 0 Å². The Hall–Kier alpha value is -1.35. The number of ether oxygens (including phenoxy) is 1. The second-order valence-electron chi connectivity index (χ2n) is 5.32. The lowest BCUT2D eigenvalue weighted by molar-refractivity contribution is -0.00627. The molecule has 2 aromatic rings. The van der Waals surface area contributed by atoms with Gasteiger partial charge in [0.25, 0.3) is 0 Å². The largest absolute Gasteiger partial charge is 0.367 e. The predicted octanol–water partition coefficient (Wildman–Crippen LogP) is 3.75. The molecule has 0 aliphatic carbocycles. The van der Waals surface area contributed by atoms with Gasteiger partial charge in [-0.3, -0.25) is 0 Å². The zero-order valence-electron chi connectivity index (χ0n) is 12.3. The van der Waals surface area contributed by atoms with Crippen molar-refractivity contribution >= 4 is 12.4 Å². The first-order valence-electron chi connectivity index (χ1n) is 7.27. The first-order valence-corrected chi connectivity index (χ1v) is 7.27. The van der Waals surface area contributed by atoms with Crippen LogP contribution in [0.25, 0.3) is 0 Å². The molecule has 0 bridgehead atoms. The molecular formula is C18H22ClNO. The van der Waals surface area contributed by atoms with Crippen LogP contribution < -0.4 is 5.32 Å². The minimum atomic E-state index is -0.404. The van der Waals surface area contributed by atoms with Crippen LogP contribution >= 0.6 is 12.4 Å². The zero-order valence-corrected chi connectivity index (χ0v) is 13.1. The molecule has 0 radical (unpaired) electrons. The smallest absolute Gasteiger partial charge is 0.133 e. The van der Waals surface area contributed by atoms with Gasteiger partial charge in [0, 0.05) is 13.2 Å². The molecule has 2 aromatic carbocycles. The summed E-state index contributed by atoms with van der Waals surface area (Å²) in [6, 6.07) is 21.4. The number of methoxy groups -OCH3 is 1. The maximum Gasteiger partial charge on any atom is 0.133 e. The molecule has 21 heavy (non-hydrogen) atoms. The van der Waals surface area contributed by atoms with Crippen molar-refractivity contribution in [1.82, 2.24) is 5.32 Å². The molecular weight excluding hydrogens is 282 g/mol. The normalized spacial score (nSPS) is 18.2. The third-order valence-electron chi connectivity index (χ3n) is 4.28. The number of rotatable bonds is 4. The van der Waals surface area contributed by atoms with E-state index in [0.29, 0.717) is 6.04 Å². The minimum Gasteiger partial charge on any atom is -0.367 e. The summed E-state index contributed by atoms with van der Waals surface area (Å²) in [6.07, 6.45) is 2.34. The van der Waals surface area contributed by atoms with Crippen LogP contribution in [0.2, 0.25) is 0 Å². The lowest BCUT2D eigenvalue weighted by Gasteiger charge is -2.39. The second-order valence-corrected chi connectivity index (χ2v) is 5.32. The fraction of sp³-hybridized carbons (Fsp3) is 0.333. The molecule has 3 rings (SSSR count). The topological polar surface area (TPSA) is 21.3 Å². The first-order chi connectivity index (χ1) is 9.88. The average Bonchev–Trinajstić information content (AvgIpc) is 3.06. The summed E-state index contributed by atoms with van der Waals surface area (Å²) in [5.74, 6) is 0. The van der Waals surface area contributed by atoms with Crippen LogP contribution in [0, 0.1) is 0 Å². The van der Waals surface area contributed by atoms with E-state index in [-0.39, 0.29) is 12.4 Å². The van der Waals surface area contributed by atoms with Crippen LogP contribution in [0.5, 0.6) is 0 Å². The van der Waals surface area contributed by atoms with Crippen molar-refractivity contribution < 1.29 is 4.74 Å². The molecule has 112 valence electrons. The fourth-order valence-electron chi connectivity index (χ4n) is 3.35. The molecule has 1 heterocycles. The Morgan fingerprint density at radius 1 is 0.952 bits per heavy atom. The number of benzene rings is 2. The molecule has 1 unspecified atom stereocenters. The third-order valence-corrected chi connectivity index (χ3v) is 4.28. The maximum absolute atomic E-state index is 6.13. The standard InChI is InChI=1S/C18H21NO.ClH/c1-20-18(17-13-8-14-19-17,15-9-4-2-5-10-15)16-11-6-3-7-12-16;/h2-7,9-12,17,19H,8,13-14H2,1H3;1H. The Morgan fingerprint density at radius 2 is 1.48 bits per heavy atom. The molecule has 2 nitrogen and oxygen atoms in total. The quantitative estimate of drug-likeness (QED) is 0.929. The highest BCUT2D eigenvalue weighted by Gasteiger charge is 2.43. The summed E-state index contributed by atoms with van der Waals surface area (Å²) < 4.78 is 6.13. The lowest BCUT2D eigenvalue weighted by Crippen LogP contribution is -2.47. The SMILES string of the molecule is COC(c1ccccc1)(c1ccccc1)C1CCCN1.Cl. The van der Waals surface area contributed by atoms with E-state index in [1.807, 2.05) is 7.11 Å². The van der Waals surface area contributed by atoms with Crippen LogP contribution in [-0.2, 0) is 10.3 Å². The van der Waals surface area contributed by atoms with Gasteiger partial charge in [-0.05, 0) is 30.5 Å². The highest BCUT2D eigenvalue weighted by molar-refractivity contribution is 5.85. The van der Waals surface area contributed by atoms with E-state index in [1.54, 1.807) is 0 Å². The Balaban J connectivity index is 0.00000161. The second kappa shape index (κ2) is 7.08. The molecule has 1 saturated heterocycles. The third kappa shape index (κ3) is 2.84. The summed E-state index contributed by atoms with van der Waals surface area (Å²) in [4.78, 5) is 0. The van der Waals surface area contributed by atoms with E-state index in [2.05, 4.69) is 66.0 Å². The van der Waals surface area contributed by atoms with Gasteiger partial charge in [-0.2, -0.15) is 0 Å². The van der Waals surface area contributed by atoms with E-state index < -0.39 is 5.60 Å². The average molecular weight is 304 g/mol. The van der Waals surface area contributed by atoms with Crippen molar-refractivity contribution in [2.75, 3.05) is 13.7 Å². The Morgan fingerprint density at radius 3 is 1.86 bits per heavy atom. The molecule has 1 fully saturated rings. The van der Waals surface area contributed by atoms with Crippen LogP contribution in [0.3, 0.4) is 0 Å². The van der Waals surface area contributed by atoms with Gasteiger partial charge in [0.05, 0.1) is 0 Å². The molecule has 3 heteroatoms. The monoisotopic (exact) mass is 303 g/mol. The van der Waals surface area contributed by atoms with E-state index in [4.69, 9.17) is 4.74 Å². The first kappa shape index (κ1) is 16.0. The van der Waals surface area contributed by atoms with Crippen molar-refractivity contribution in [3.05, 3.63) is 71.8 Å². The van der Waals surface area contributed by atoms with Crippen LogP contribution in [0.15, 0.2) is 60.7 Å². The van der Waals surface area contributed by atoms with Gasteiger partial charge in [-0.25, -0.2) is 0 Å². The highest BCUT2D eigenvalue weighted by atomic mass is 35.5. The zero-order chi connectivity index (χ0) is 13.8. The van der Waals surface area contributed by atoms with Crippen molar-refractivity contribution in [1.29, 1.82) is 0 Å². The summed E-state index contributed by atoms with van der Waals surface area (Å²) >= 11 is 0. The molecule has 1 aliphatic rings. The van der Waals surface area contributed by atoms with Crippen molar-refractivity contribution in [2.45, 2.75) is 24.5 Å². The van der Waals surface area contributed by atoms with Gasteiger partial charge in [0.1, 0.15) is 5.60 Å². The molecule has 0 aromatic heterocycles. The maximum atomic E-state index is 6.13. The van der Waals surface area contributed by atoms with Crippen LogP contribution in [0.4, 0.5) is 0 Å². The van der Waals surface area contributed by atoms with E-state index in [1.165, 1.54) is 17.5 Å². The summed E-state index contributed by atoms with van der Waals surface area (Å²) in [5.41, 5.74) is 2.03.